The Hall–Kier alpha value is -1.51. The number of hydrogen-bond acceptors (Lipinski definition) is 2. The summed E-state index contributed by atoms with van der Waals surface area (Å²) < 4.78 is 5.62. The van der Waals surface area contributed by atoms with Crippen LogP contribution in [-0.2, 0) is 13.2 Å². The molecule has 2 rings (SSSR count). The Morgan fingerprint density at radius 2 is 1.76 bits per heavy atom. The van der Waals surface area contributed by atoms with Gasteiger partial charge in [-0.1, -0.05) is 35.9 Å². The molecule has 88 valence electrons. The number of rotatable bonds is 4. The molecular formula is C14H13ClO2. The van der Waals surface area contributed by atoms with Crippen LogP contribution in [0.2, 0.25) is 5.02 Å². The topological polar surface area (TPSA) is 29.5 Å². The predicted molar refractivity (Wildman–Crippen MR) is 68.1 cm³/mol. The van der Waals surface area contributed by atoms with Gasteiger partial charge in [0.15, 0.2) is 0 Å². The molecule has 0 heterocycles. The van der Waals surface area contributed by atoms with Crippen molar-refractivity contribution >= 4 is 11.6 Å². The van der Waals surface area contributed by atoms with E-state index in [1.54, 1.807) is 0 Å². The van der Waals surface area contributed by atoms with Crippen LogP contribution in [-0.4, -0.2) is 5.11 Å². The van der Waals surface area contributed by atoms with E-state index in [1.165, 1.54) is 0 Å². The molecule has 0 spiro atoms. The molecule has 0 unspecified atom stereocenters. The lowest BCUT2D eigenvalue weighted by Gasteiger charge is -2.07. The van der Waals surface area contributed by atoms with Crippen molar-refractivity contribution in [3.8, 4) is 5.75 Å². The van der Waals surface area contributed by atoms with E-state index in [0.717, 1.165) is 16.9 Å². The monoisotopic (exact) mass is 248 g/mol. The molecule has 0 amide bonds. The average molecular weight is 249 g/mol. The first-order valence-electron chi connectivity index (χ1n) is 5.35. The van der Waals surface area contributed by atoms with Crippen LogP contribution in [0.3, 0.4) is 0 Å². The molecule has 2 aromatic rings. The summed E-state index contributed by atoms with van der Waals surface area (Å²) in [5, 5.41) is 9.71. The van der Waals surface area contributed by atoms with Crippen molar-refractivity contribution in [2.24, 2.45) is 0 Å². The van der Waals surface area contributed by atoms with E-state index in [4.69, 9.17) is 21.4 Å². The van der Waals surface area contributed by atoms with Crippen molar-refractivity contribution in [2.75, 3.05) is 0 Å². The molecule has 1 N–H and O–H groups in total. The fraction of sp³-hybridized carbons (Fsp3) is 0.143. The second-order valence-corrected chi connectivity index (χ2v) is 4.16. The zero-order chi connectivity index (χ0) is 12.1. The van der Waals surface area contributed by atoms with Gasteiger partial charge in [0, 0.05) is 5.02 Å². The molecule has 0 atom stereocenters. The molecule has 0 aliphatic rings. The zero-order valence-corrected chi connectivity index (χ0v) is 10.0. The van der Waals surface area contributed by atoms with E-state index in [0.29, 0.717) is 11.6 Å². The molecule has 0 aliphatic carbocycles. The van der Waals surface area contributed by atoms with Crippen molar-refractivity contribution in [2.45, 2.75) is 13.2 Å². The highest BCUT2D eigenvalue weighted by Gasteiger charge is 1.98. The minimum Gasteiger partial charge on any atom is -0.489 e. The highest BCUT2D eigenvalue weighted by Crippen LogP contribution is 2.16. The summed E-state index contributed by atoms with van der Waals surface area (Å²) in [6.45, 7) is 0.490. The number of hydrogen-bond donors (Lipinski definition) is 1. The summed E-state index contributed by atoms with van der Waals surface area (Å²) in [7, 11) is 0. The van der Waals surface area contributed by atoms with Crippen molar-refractivity contribution < 1.29 is 9.84 Å². The molecule has 0 bridgehead atoms. The summed E-state index contributed by atoms with van der Waals surface area (Å²) in [6.07, 6.45) is 0. The largest absolute Gasteiger partial charge is 0.489 e. The van der Waals surface area contributed by atoms with E-state index in [9.17, 15) is 0 Å². The molecule has 0 radical (unpaired) electrons. The molecule has 2 nitrogen and oxygen atoms in total. The van der Waals surface area contributed by atoms with Crippen LogP contribution >= 0.6 is 11.6 Å². The molecular weight excluding hydrogens is 236 g/mol. The average Bonchev–Trinajstić information content (AvgIpc) is 2.37. The fourth-order valence-electron chi connectivity index (χ4n) is 1.53. The molecule has 17 heavy (non-hydrogen) atoms. The van der Waals surface area contributed by atoms with Crippen LogP contribution in [0.5, 0.6) is 5.75 Å². The lowest BCUT2D eigenvalue weighted by molar-refractivity contribution is 0.278. The predicted octanol–water partition coefficient (Wildman–Crippen LogP) is 3.41. The van der Waals surface area contributed by atoms with Crippen LogP contribution in [0.15, 0.2) is 48.5 Å². The summed E-state index contributed by atoms with van der Waals surface area (Å²) >= 11 is 5.89. The third-order valence-electron chi connectivity index (χ3n) is 2.38. The molecule has 0 aromatic heterocycles. The Kier molecular flexibility index (Phi) is 4.02. The second kappa shape index (κ2) is 5.71. The third-order valence-corrected chi connectivity index (χ3v) is 2.61. The van der Waals surface area contributed by atoms with Gasteiger partial charge in [0.1, 0.15) is 12.4 Å². The Morgan fingerprint density at radius 1 is 1.00 bits per heavy atom. The number of aliphatic hydroxyl groups excluding tert-OH is 1. The highest BCUT2D eigenvalue weighted by molar-refractivity contribution is 6.30. The maximum Gasteiger partial charge on any atom is 0.120 e. The van der Waals surface area contributed by atoms with Crippen molar-refractivity contribution in [1.82, 2.24) is 0 Å². The maximum absolute atomic E-state index is 9.01. The van der Waals surface area contributed by atoms with Gasteiger partial charge in [-0.15, -0.1) is 0 Å². The van der Waals surface area contributed by atoms with Crippen LogP contribution in [0.4, 0.5) is 0 Å². The van der Waals surface area contributed by atoms with Gasteiger partial charge in [0.2, 0.25) is 0 Å². The highest BCUT2D eigenvalue weighted by atomic mass is 35.5. The lowest BCUT2D eigenvalue weighted by atomic mass is 10.2. The molecule has 0 fully saturated rings. The van der Waals surface area contributed by atoms with E-state index >= 15 is 0 Å². The number of aliphatic hydroxyl groups is 1. The van der Waals surface area contributed by atoms with Gasteiger partial charge in [-0.05, 0) is 35.4 Å². The minimum absolute atomic E-state index is 0.0222. The van der Waals surface area contributed by atoms with Crippen molar-refractivity contribution in [3.05, 3.63) is 64.7 Å². The van der Waals surface area contributed by atoms with Gasteiger partial charge in [-0.2, -0.15) is 0 Å². The Labute approximate surface area is 105 Å². The van der Waals surface area contributed by atoms with Crippen LogP contribution < -0.4 is 4.74 Å². The standard InChI is InChI=1S/C14H13ClO2/c15-13-5-1-4-12(7-13)10-17-14-6-2-3-11(8-14)9-16/h1-8,16H,9-10H2. The maximum atomic E-state index is 9.01. The summed E-state index contributed by atoms with van der Waals surface area (Å²) in [5.74, 6) is 0.747. The summed E-state index contributed by atoms with van der Waals surface area (Å²) in [6, 6.07) is 15.0. The molecule has 3 heteroatoms. The van der Waals surface area contributed by atoms with Gasteiger partial charge in [-0.25, -0.2) is 0 Å². The Bertz CT molecular complexity index is 497. The van der Waals surface area contributed by atoms with E-state index in [2.05, 4.69) is 0 Å². The van der Waals surface area contributed by atoms with Gasteiger partial charge in [0.05, 0.1) is 6.61 Å². The first-order valence-corrected chi connectivity index (χ1v) is 5.73. The van der Waals surface area contributed by atoms with Crippen LogP contribution in [0, 0.1) is 0 Å². The zero-order valence-electron chi connectivity index (χ0n) is 9.27. The Balaban J connectivity index is 2.02. The fourth-order valence-corrected chi connectivity index (χ4v) is 1.74. The number of halogens is 1. The van der Waals surface area contributed by atoms with Gasteiger partial charge < -0.3 is 9.84 Å². The smallest absolute Gasteiger partial charge is 0.120 e. The van der Waals surface area contributed by atoms with Crippen molar-refractivity contribution in [1.29, 1.82) is 0 Å². The van der Waals surface area contributed by atoms with Gasteiger partial charge >= 0.3 is 0 Å². The second-order valence-electron chi connectivity index (χ2n) is 3.72. The molecule has 0 saturated carbocycles. The SMILES string of the molecule is OCc1cccc(OCc2cccc(Cl)c2)c1. The number of ether oxygens (including phenoxy) is 1. The van der Waals surface area contributed by atoms with Crippen LogP contribution in [0.25, 0.3) is 0 Å². The van der Waals surface area contributed by atoms with Gasteiger partial charge in [0.25, 0.3) is 0 Å². The quantitative estimate of drug-likeness (QED) is 0.899. The molecule has 0 saturated heterocycles. The normalized spacial score (nSPS) is 10.2. The number of benzene rings is 2. The van der Waals surface area contributed by atoms with E-state index in [-0.39, 0.29) is 6.61 Å². The lowest BCUT2D eigenvalue weighted by Crippen LogP contribution is -1.95. The molecule has 2 aromatic carbocycles. The first kappa shape index (κ1) is 12.0. The first-order chi connectivity index (χ1) is 8.28. The van der Waals surface area contributed by atoms with Crippen LogP contribution in [0.1, 0.15) is 11.1 Å². The minimum atomic E-state index is 0.0222. The summed E-state index contributed by atoms with van der Waals surface area (Å²) in [4.78, 5) is 0. The summed E-state index contributed by atoms with van der Waals surface area (Å²) in [5.41, 5.74) is 1.86. The molecule has 0 aliphatic heterocycles. The Morgan fingerprint density at radius 3 is 2.53 bits per heavy atom. The van der Waals surface area contributed by atoms with E-state index in [1.807, 2.05) is 48.5 Å². The van der Waals surface area contributed by atoms with Crippen molar-refractivity contribution in [3.63, 3.8) is 0 Å². The third kappa shape index (κ3) is 3.48. The van der Waals surface area contributed by atoms with E-state index < -0.39 is 0 Å². The van der Waals surface area contributed by atoms with Gasteiger partial charge in [-0.3, -0.25) is 0 Å².